The van der Waals surface area contributed by atoms with Crippen LogP contribution in [0.1, 0.15) is 32.0 Å². The molecule has 4 heterocycles. The molecule has 2 aromatic heterocycles. The third-order valence-corrected chi connectivity index (χ3v) is 4.79. The molecular weight excluding hydrogens is 282 g/mol. The van der Waals surface area contributed by atoms with Crippen LogP contribution in [-0.4, -0.2) is 36.3 Å². The smallest absolute Gasteiger partial charge is 0.150 e. The van der Waals surface area contributed by atoms with E-state index in [0.717, 1.165) is 43.5 Å². The van der Waals surface area contributed by atoms with Gasteiger partial charge in [0.2, 0.25) is 0 Å². The molecule has 0 saturated carbocycles. The number of hydrogen-bond acceptors (Lipinski definition) is 5. The summed E-state index contributed by atoms with van der Waals surface area (Å²) in [6, 6.07) is 2.15. The van der Waals surface area contributed by atoms with Crippen LogP contribution in [0.15, 0.2) is 6.07 Å². The van der Waals surface area contributed by atoms with Crippen LogP contribution in [0.25, 0.3) is 10.2 Å². The Hall–Kier alpha value is -1.20. The lowest BCUT2D eigenvalue weighted by Gasteiger charge is -2.55. The van der Waals surface area contributed by atoms with Gasteiger partial charge in [0.1, 0.15) is 11.6 Å². The van der Waals surface area contributed by atoms with Crippen LogP contribution < -0.4 is 4.90 Å². The summed E-state index contributed by atoms with van der Waals surface area (Å²) in [5.74, 6) is 1.98. The lowest BCUT2D eigenvalue weighted by atomic mass is 9.78. The number of aromatic nitrogens is 2. The highest BCUT2D eigenvalue weighted by atomic mass is 32.1. The molecule has 1 spiro atoms. The van der Waals surface area contributed by atoms with Crippen molar-refractivity contribution in [3.05, 3.63) is 16.8 Å². The highest BCUT2D eigenvalue weighted by molar-refractivity contribution is 7.19. The van der Waals surface area contributed by atoms with E-state index < -0.39 is 0 Å². The summed E-state index contributed by atoms with van der Waals surface area (Å²) in [7, 11) is 0. The third kappa shape index (κ3) is 2.64. The fourth-order valence-corrected chi connectivity index (χ4v) is 3.82. The number of aryl methyl sites for hydroxylation is 2. The van der Waals surface area contributed by atoms with E-state index in [0.29, 0.717) is 5.41 Å². The van der Waals surface area contributed by atoms with Crippen LogP contribution in [0.2, 0.25) is 0 Å². The lowest BCUT2D eigenvalue weighted by Crippen LogP contribution is -2.66. The minimum Gasteiger partial charge on any atom is -0.380 e. The Morgan fingerprint density at radius 1 is 1.19 bits per heavy atom. The van der Waals surface area contributed by atoms with E-state index in [1.54, 1.807) is 11.3 Å². The Kier molecular flexibility index (Phi) is 4.54. The van der Waals surface area contributed by atoms with Crippen molar-refractivity contribution in [2.45, 2.75) is 35.1 Å². The molecule has 2 aliphatic heterocycles. The van der Waals surface area contributed by atoms with E-state index in [1.807, 2.05) is 20.8 Å². The summed E-state index contributed by atoms with van der Waals surface area (Å²) in [5, 5.41) is 0. The molecule has 0 bridgehead atoms. The zero-order valence-corrected chi connectivity index (χ0v) is 13.4. The van der Waals surface area contributed by atoms with E-state index in [-0.39, 0.29) is 7.43 Å². The second-order valence-electron chi connectivity index (χ2n) is 5.51. The molecule has 0 aromatic carbocycles. The minimum atomic E-state index is 0. The van der Waals surface area contributed by atoms with Crippen molar-refractivity contribution in [1.29, 1.82) is 0 Å². The topological polar surface area (TPSA) is 38.2 Å². The van der Waals surface area contributed by atoms with Crippen molar-refractivity contribution in [2.75, 3.05) is 31.2 Å². The predicted molar refractivity (Wildman–Crippen MR) is 90.4 cm³/mol. The zero-order chi connectivity index (χ0) is 14.3. The van der Waals surface area contributed by atoms with Gasteiger partial charge in [0.05, 0.1) is 28.8 Å². The van der Waals surface area contributed by atoms with E-state index >= 15 is 0 Å². The summed E-state index contributed by atoms with van der Waals surface area (Å²) in [6.07, 6.45) is 0. The number of nitrogens with zero attached hydrogens (tertiary/aromatic N) is 3. The Bertz CT molecular complexity index is 626. The predicted octanol–water partition coefficient (Wildman–Crippen LogP) is 3.81. The second-order valence-corrected chi connectivity index (χ2v) is 6.77. The summed E-state index contributed by atoms with van der Waals surface area (Å²) in [5.41, 5.74) is 1.52. The fourth-order valence-electron chi connectivity index (χ4n) is 2.85. The van der Waals surface area contributed by atoms with Gasteiger partial charge in [-0.25, -0.2) is 9.97 Å². The highest BCUT2D eigenvalue weighted by Gasteiger charge is 2.49. The van der Waals surface area contributed by atoms with E-state index in [4.69, 9.17) is 4.74 Å². The number of ether oxygens (including phenoxy) is 1. The van der Waals surface area contributed by atoms with Crippen LogP contribution in [0, 0.1) is 19.3 Å². The largest absolute Gasteiger partial charge is 0.380 e. The van der Waals surface area contributed by atoms with Gasteiger partial charge in [-0.05, 0) is 19.9 Å². The zero-order valence-electron chi connectivity index (χ0n) is 12.6. The quantitative estimate of drug-likeness (QED) is 0.803. The third-order valence-electron chi connectivity index (χ3n) is 3.76. The summed E-state index contributed by atoms with van der Waals surface area (Å²) >= 11 is 1.79. The van der Waals surface area contributed by atoms with Crippen LogP contribution in [0.5, 0.6) is 0 Å². The standard InChI is InChI=1S/C13H15N3OS.C2H6.CH4/c1-8-3-10-11(18-8)12(15-9(2)14-10)16-4-13(5-16)6-17-7-13;1-2;/h3H,4-7H2,1-2H3;1-2H3;1H4. The first kappa shape index (κ1) is 16.2. The molecule has 2 fully saturated rings. The Balaban J connectivity index is 0.000000517. The maximum atomic E-state index is 5.32. The minimum absolute atomic E-state index is 0. The SMILES string of the molecule is C.CC.Cc1nc(N2CC3(COC3)C2)c2sc(C)cc2n1. The van der Waals surface area contributed by atoms with Gasteiger partial charge in [-0.15, -0.1) is 11.3 Å². The van der Waals surface area contributed by atoms with E-state index in [1.165, 1.54) is 9.58 Å². The van der Waals surface area contributed by atoms with Gasteiger partial charge in [-0.1, -0.05) is 21.3 Å². The van der Waals surface area contributed by atoms with Crippen molar-refractivity contribution in [3.8, 4) is 0 Å². The van der Waals surface area contributed by atoms with Gasteiger partial charge in [-0.2, -0.15) is 0 Å². The summed E-state index contributed by atoms with van der Waals surface area (Å²) in [4.78, 5) is 12.8. The summed E-state index contributed by atoms with van der Waals surface area (Å²) < 4.78 is 6.55. The number of fused-ring (bicyclic) bond motifs is 1. The fraction of sp³-hybridized carbons (Fsp3) is 0.625. The molecule has 2 aliphatic rings. The van der Waals surface area contributed by atoms with Crippen LogP contribution in [0.3, 0.4) is 0 Å². The molecule has 0 amide bonds. The Morgan fingerprint density at radius 2 is 1.86 bits per heavy atom. The van der Waals surface area contributed by atoms with E-state index in [2.05, 4.69) is 27.9 Å². The average molecular weight is 307 g/mol. The molecular formula is C16H25N3OS. The first-order valence-corrected chi connectivity index (χ1v) is 8.04. The van der Waals surface area contributed by atoms with Crippen molar-refractivity contribution < 1.29 is 4.74 Å². The van der Waals surface area contributed by atoms with Gasteiger partial charge in [-0.3, -0.25) is 0 Å². The van der Waals surface area contributed by atoms with E-state index in [9.17, 15) is 0 Å². The number of rotatable bonds is 1. The molecule has 0 aliphatic carbocycles. The van der Waals surface area contributed by atoms with Gasteiger partial charge >= 0.3 is 0 Å². The molecule has 0 N–H and O–H groups in total. The first-order chi connectivity index (χ1) is 9.65. The molecule has 5 heteroatoms. The molecule has 21 heavy (non-hydrogen) atoms. The van der Waals surface area contributed by atoms with Crippen molar-refractivity contribution in [3.63, 3.8) is 0 Å². The van der Waals surface area contributed by atoms with Crippen molar-refractivity contribution in [2.24, 2.45) is 5.41 Å². The monoisotopic (exact) mass is 307 g/mol. The van der Waals surface area contributed by atoms with Gasteiger partial charge in [0.15, 0.2) is 0 Å². The molecule has 2 aromatic rings. The maximum absolute atomic E-state index is 5.32. The maximum Gasteiger partial charge on any atom is 0.150 e. The molecule has 4 nitrogen and oxygen atoms in total. The first-order valence-electron chi connectivity index (χ1n) is 7.23. The molecule has 116 valence electrons. The molecule has 2 saturated heterocycles. The number of thiophene rings is 1. The van der Waals surface area contributed by atoms with Crippen molar-refractivity contribution in [1.82, 2.24) is 9.97 Å². The van der Waals surface area contributed by atoms with Crippen LogP contribution >= 0.6 is 11.3 Å². The summed E-state index contributed by atoms with van der Waals surface area (Å²) in [6.45, 7) is 12.1. The lowest BCUT2D eigenvalue weighted by molar-refractivity contribution is -0.127. The molecule has 0 radical (unpaired) electrons. The number of hydrogen-bond donors (Lipinski definition) is 0. The highest BCUT2D eigenvalue weighted by Crippen LogP contribution is 2.42. The molecule has 0 unspecified atom stereocenters. The molecule has 0 atom stereocenters. The van der Waals surface area contributed by atoms with Crippen LogP contribution in [0.4, 0.5) is 5.82 Å². The average Bonchev–Trinajstić information content (AvgIpc) is 2.68. The Labute approximate surface area is 131 Å². The normalized spacial score (nSPS) is 18.4. The van der Waals surface area contributed by atoms with Gasteiger partial charge in [0.25, 0.3) is 0 Å². The second kappa shape index (κ2) is 5.89. The number of anilines is 1. The van der Waals surface area contributed by atoms with Crippen LogP contribution in [-0.2, 0) is 4.74 Å². The van der Waals surface area contributed by atoms with Gasteiger partial charge < -0.3 is 9.64 Å². The van der Waals surface area contributed by atoms with Gasteiger partial charge in [0, 0.05) is 18.0 Å². The molecule has 4 rings (SSSR count). The Morgan fingerprint density at radius 3 is 2.43 bits per heavy atom. The van der Waals surface area contributed by atoms with Crippen molar-refractivity contribution >= 4 is 27.4 Å².